The third-order valence-electron chi connectivity index (χ3n) is 4.80. The average molecular weight is 387 g/mol. The molecule has 0 saturated carbocycles. The Morgan fingerprint density at radius 2 is 1.42 bits per heavy atom. The number of fused-ring (bicyclic) bond motifs is 1. The highest BCUT2D eigenvalue weighted by Crippen LogP contribution is 2.27. The second kappa shape index (κ2) is 6.91. The molecular formula is C20H19ClN2O2S. The maximum Gasteiger partial charge on any atom is 0.243 e. The molecule has 0 bridgehead atoms. The Morgan fingerprint density at radius 1 is 0.769 bits per heavy atom. The first-order valence-electron chi connectivity index (χ1n) is 8.54. The standard InChI is InChI=1S/C20H19ClN2O2S/c21-17-8-10-18(11-9-17)22-12-14-23(15-13-22)26(24,25)20-7-3-5-16-4-1-2-6-19(16)20/h1-11H,12-15H2. The molecule has 26 heavy (non-hydrogen) atoms. The van der Waals surface area contributed by atoms with E-state index in [2.05, 4.69) is 4.90 Å². The van der Waals surface area contributed by atoms with E-state index in [-0.39, 0.29) is 0 Å². The van der Waals surface area contributed by atoms with E-state index in [0.717, 1.165) is 16.5 Å². The maximum absolute atomic E-state index is 13.2. The molecule has 1 aliphatic heterocycles. The van der Waals surface area contributed by atoms with Gasteiger partial charge in [-0.2, -0.15) is 4.31 Å². The summed E-state index contributed by atoms with van der Waals surface area (Å²) in [7, 11) is -3.52. The van der Waals surface area contributed by atoms with Crippen LogP contribution in [0.5, 0.6) is 0 Å². The number of hydrogen-bond acceptors (Lipinski definition) is 3. The highest BCUT2D eigenvalue weighted by Gasteiger charge is 2.29. The molecule has 0 aromatic heterocycles. The summed E-state index contributed by atoms with van der Waals surface area (Å²) >= 11 is 5.94. The lowest BCUT2D eigenvalue weighted by atomic mass is 10.1. The van der Waals surface area contributed by atoms with Crippen LogP contribution in [0.1, 0.15) is 0 Å². The molecule has 4 nitrogen and oxygen atoms in total. The SMILES string of the molecule is O=S(=O)(c1cccc2ccccc12)N1CCN(c2ccc(Cl)cc2)CC1. The number of hydrogen-bond donors (Lipinski definition) is 0. The van der Waals surface area contributed by atoms with Crippen molar-refractivity contribution in [2.45, 2.75) is 4.90 Å². The van der Waals surface area contributed by atoms with Crippen LogP contribution >= 0.6 is 11.6 Å². The smallest absolute Gasteiger partial charge is 0.243 e. The van der Waals surface area contributed by atoms with E-state index in [1.807, 2.05) is 54.6 Å². The Balaban J connectivity index is 1.57. The van der Waals surface area contributed by atoms with Crippen LogP contribution in [0, 0.1) is 0 Å². The molecule has 0 N–H and O–H groups in total. The predicted molar refractivity (Wildman–Crippen MR) is 106 cm³/mol. The number of benzene rings is 3. The van der Waals surface area contributed by atoms with E-state index in [4.69, 9.17) is 11.6 Å². The third-order valence-corrected chi connectivity index (χ3v) is 7.01. The van der Waals surface area contributed by atoms with Crippen molar-refractivity contribution in [1.82, 2.24) is 4.31 Å². The second-order valence-corrected chi connectivity index (χ2v) is 8.69. The Labute approximate surface area is 158 Å². The molecule has 0 radical (unpaired) electrons. The molecule has 1 aliphatic rings. The lowest BCUT2D eigenvalue weighted by Gasteiger charge is -2.35. The second-order valence-electron chi connectivity index (χ2n) is 6.34. The number of nitrogens with zero attached hydrogens (tertiary/aromatic N) is 2. The molecule has 0 amide bonds. The molecule has 0 unspecified atom stereocenters. The van der Waals surface area contributed by atoms with E-state index >= 15 is 0 Å². The molecule has 3 aromatic carbocycles. The Kier molecular flexibility index (Phi) is 4.61. The first kappa shape index (κ1) is 17.3. The zero-order valence-electron chi connectivity index (χ0n) is 14.2. The molecule has 1 heterocycles. The number of rotatable bonds is 3. The quantitative estimate of drug-likeness (QED) is 0.683. The van der Waals surface area contributed by atoms with Crippen molar-refractivity contribution >= 4 is 38.1 Å². The number of anilines is 1. The van der Waals surface area contributed by atoms with Crippen molar-refractivity contribution < 1.29 is 8.42 Å². The summed E-state index contributed by atoms with van der Waals surface area (Å²) in [5, 5.41) is 2.41. The van der Waals surface area contributed by atoms with Crippen molar-refractivity contribution in [3.05, 3.63) is 71.8 Å². The summed E-state index contributed by atoms with van der Waals surface area (Å²) < 4.78 is 27.9. The van der Waals surface area contributed by atoms with Gasteiger partial charge in [0, 0.05) is 42.3 Å². The predicted octanol–water partition coefficient (Wildman–Crippen LogP) is 4.00. The van der Waals surface area contributed by atoms with Gasteiger partial charge in [-0.15, -0.1) is 0 Å². The summed E-state index contributed by atoms with van der Waals surface area (Å²) in [4.78, 5) is 2.57. The van der Waals surface area contributed by atoms with Crippen LogP contribution in [0.25, 0.3) is 10.8 Å². The molecular weight excluding hydrogens is 368 g/mol. The Bertz CT molecular complexity index is 1020. The van der Waals surface area contributed by atoms with Crippen molar-refractivity contribution in [3.63, 3.8) is 0 Å². The molecule has 0 aliphatic carbocycles. The van der Waals surface area contributed by atoms with Gasteiger partial charge in [0.2, 0.25) is 10.0 Å². The molecule has 1 fully saturated rings. The van der Waals surface area contributed by atoms with Gasteiger partial charge in [-0.25, -0.2) is 8.42 Å². The fraction of sp³-hybridized carbons (Fsp3) is 0.200. The maximum atomic E-state index is 13.2. The van der Waals surface area contributed by atoms with Crippen LogP contribution in [0.4, 0.5) is 5.69 Å². The normalized spacial score (nSPS) is 16.1. The van der Waals surface area contributed by atoms with Crippen LogP contribution in [0.3, 0.4) is 0 Å². The van der Waals surface area contributed by atoms with E-state index < -0.39 is 10.0 Å². The van der Waals surface area contributed by atoms with Gasteiger partial charge in [0.05, 0.1) is 4.90 Å². The average Bonchev–Trinajstić information content (AvgIpc) is 2.68. The highest BCUT2D eigenvalue weighted by atomic mass is 35.5. The minimum Gasteiger partial charge on any atom is -0.369 e. The number of sulfonamides is 1. The largest absolute Gasteiger partial charge is 0.369 e. The van der Waals surface area contributed by atoms with Gasteiger partial charge in [-0.05, 0) is 35.7 Å². The van der Waals surface area contributed by atoms with Gasteiger partial charge in [0.1, 0.15) is 0 Å². The van der Waals surface area contributed by atoms with Crippen molar-refractivity contribution in [2.24, 2.45) is 0 Å². The first-order valence-corrected chi connectivity index (χ1v) is 10.4. The minimum absolute atomic E-state index is 0.385. The number of piperazine rings is 1. The lowest BCUT2D eigenvalue weighted by Crippen LogP contribution is -2.48. The summed E-state index contributed by atoms with van der Waals surface area (Å²) in [5.41, 5.74) is 1.07. The topological polar surface area (TPSA) is 40.6 Å². The van der Waals surface area contributed by atoms with E-state index in [9.17, 15) is 8.42 Å². The molecule has 3 aromatic rings. The Hall–Kier alpha value is -2.08. The van der Waals surface area contributed by atoms with E-state index in [1.54, 1.807) is 16.4 Å². The third kappa shape index (κ3) is 3.18. The fourth-order valence-corrected chi connectivity index (χ4v) is 5.16. The zero-order chi connectivity index (χ0) is 18.1. The lowest BCUT2D eigenvalue weighted by molar-refractivity contribution is 0.385. The summed E-state index contributed by atoms with van der Waals surface area (Å²) in [6.07, 6.45) is 0. The molecule has 0 atom stereocenters. The minimum atomic E-state index is -3.52. The summed E-state index contributed by atoms with van der Waals surface area (Å²) in [6, 6.07) is 20.7. The van der Waals surface area contributed by atoms with Gasteiger partial charge in [0.25, 0.3) is 0 Å². The fourth-order valence-electron chi connectivity index (χ4n) is 3.40. The van der Waals surface area contributed by atoms with Crippen LogP contribution in [0.2, 0.25) is 5.02 Å². The molecule has 0 spiro atoms. The van der Waals surface area contributed by atoms with Crippen LogP contribution in [0.15, 0.2) is 71.6 Å². The van der Waals surface area contributed by atoms with E-state index in [0.29, 0.717) is 36.1 Å². The van der Waals surface area contributed by atoms with Crippen LogP contribution < -0.4 is 4.90 Å². The molecule has 6 heteroatoms. The monoisotopic (exact) mass is 386 g/mol. The Morgan fingerprint density at radius 3 is 2.15 bits per heavy atom. The summed E-state index contributed by atoms with van der Waals surface area (Å²) in [6.45, 7) is 2.25. The molecule has 1 saturated heterocycles. The van der Waals surface area contributed by atoms with Crippen molar-refractivity contribution in [1.29, 1.82) is 0 Å². The first-order chi connectivity index (χ1) is 12.6. The molecule has 4 rings (SSSR count). The molecule has 134 valence electrons. The highest BCUT2D eigenvalue weighted by molar-refractivity contribution is 7.89. The zero-order valence-corrected chi connectivity index (χ0v) is 15.7. The van der Waals surface area contributed by atoms with Gasteiger partial charge in [-0.1, -0.05) is 48.0 Å². The summed E-state index contributed by atoms with van der Waals surface area (Å²) in [5.74, 6) is 0. The van der Waals surface area contributed by atoms with Gasteiger partial charge < -0.3 is 4.90 Å². The van der Waals surface area contributed by atoms with Crippen molar-refractivity contribution in [2.75, 3.05) is 31.1 Å². The van der Waals surface area contributed by atoms with Crippen LogP contribution in [-0.4, -0.2) is 38.9 Å². The van der Waals surface area contributed by atoms with Crippen LogP contribution in [-0.2, 0) is 10.0 Å². The van der Waals surface area contributed by atoms with Gasteiger partial charge in [0.15, 0.2) is 0 Å². The van der Waals surface area contributed by atoms with E-state index in [1.165, 1.54) is 0 Å². The van der Waals surface area contributed by atoms with Crippen molar-refractivity contribution in [3.8, 4) is 0 Å². The van der Waals surface area contributed by atoms with Gasteiger partial charge in [-0.3, -0.25) is 0 Å². The van der Waals surface area contributed by atoms with Gasteiger partial charge >= 0.3 is 0 Å². The number of halogens is 1.